The van der Waals surface area contributed by atoms with Crippen LogP contribution in [0.25, 0.3) is 0 Å². The third kappa shape index (κ3) is 5.22. The molecule has 1 saturated heterocycles. The Hall–Kier alpha value is -0.160. The molecule has 2 unspecified atom stereocenters. The van der Waals surface area contributed by atoms with Gasteiger partial charge in [-0.3, -0.25) is 0 Å². The van der Waals surface area contributed by atoms with Crippen LogP contribution in [0.2, 0.25) is 0 Å². The van der Waals surface area contributed by atoms with E-state index in [2.05, 4.69) is 5.32 Å². The number of aliphatic hydroxyl groups is 1. The lowest BCUT2D eigenvalue weighted by Gasteiger charge is -2.23. The van der Waals surface area contributed by atoms with Crippen molar-refractivity contribution in [1.29, 1.82) is 0 Å². The monoisotopic (exact) mass is 257 g/mol. The van der Waals surface area contributed by atoms with Crippen LogP contribution in [0.1, 0.15) is 38.5 Å². The molecule has 2 fully saturated rings. The SMILES string of the molecule is OC(CNCC1CCOC1)COC1CCCCC1. The van der Waals surface area contributed by atoms with Crippen LogP contribution in [0.3, 0.4) is 0 Å². The zero-order valence-corrected chi connectivity index (χ0v) is 11.3. The van der Waals surface area contributed by atoms with Gasteiger partial charge in [-0.1, -0.05) is 19.3 Å². The summed E-state index contributed by atoms with van der Waals surface area (Å²) in [7, 11) is 0. The van der Waals surface area contributed by atoms with Gasteiger partial charge in [-0.15, -0.1) is 0 Å². The Kier molecular flexibility index (Phi) is 6.41. The second kappa shape index (κ2) is 8.10. The predicted octanol–water partition coefficient (Wildman–Crippen LogP) is 1.32. The molecule has 2 N–H and O–H groups in total. The average molecular weight is 257 g/mol. The van der Waals surface area contributed by atoms with Crippen molar-refractivity contribution in [3.63, 3.8) is 0 Å². The average Bonchev–Trinajstić information content (AvgIpc) is 2.91. The van der Waals surface area contributed by atoms with Gasteiger partial charge in [-0.05, 0) is 25.2 Å². The van der Waals surface area contributed by atoms with Gasteiger partial charge < -0.3 is 19.9 Å². The highest BCUT2D eigenvalue weighted by Crippen LogP contribution is 2.20. The summed E-state index contributed by atoms with van der Waals surface area (Å²) < 4.78 is 11.1. The van der Waals surface area contributed by atoms with Gasteiger partial charge in [0.1, 0.15) is 0 Å². The van der Waals surface area contributed by atoms with Crippen LogP contribution in [-0.2, 0) is 9.47 Å². The zero-order chi connectivity index (χ0) is 12.6. The molecule has 0 radical (unpaired) electrons. The van der Waals surface area contributed by atoms with E-state index in [9.17, 15) is 5.11 Å². The van der Waals surface area contributed by atoms with Gasteiger partial charge in [0.05, 0.1) is 25.4 Å². The Morgan fingerprint density at radius 3 is 2.78 bits per heavy atom. The molecule has 2 rings (SSSR count). The van der Waals surface area contributed by atoms with Crippen LogP contribution >= 0.6 is 0 Å². The summed E-state index contributed by atoms with van der Waals surface area (Å²) in [6.45, 7) is 3.80. The van der Waals surface area contributed by atoms with Crippen LogP contribution in [0.4, 0.5) is 0 Å². The minimum absolute atomic E-state index is 0.380. The highest BCUT2D eigenvalue weighted by atomic mass is 16.5. The van der Waals surface area contributed by atoms with Crippen molar-refractivity contribution < 1.29 is 14.6 Å². The summed E-state index contributed by atoms with van der Waals surface area (Å²) in [5.74, 6) is 0.622. The van der Waals surface area contributed by atoms with Crippen molar-refractivity contribution in [1.82, 2.24) is 5.32 Å². The van der Waals surface area contributed by atoms with Gasteiger partial charge in [0, 0.05) is 19.7 Å². The van der Waals surface area contributed by atoms with Gasteiger partial charge in [0.25, 0.3) is 0 Å². The largest absolute Gasteiger partial charge is 0.389 e. The maximum Gasteiger partial charge on any atom is 0.0897 e. The highest BCUT2D eigenvalue weighted by molar-refractivity contribution is 4.70. The third-order valence-electron chi connectivity index (χ3n) is 3.91. The molecule has 2 aliphatic rings. The fourth-order valence-corrected chi connectivity index (χ4v) is 2.74. The number of hydrogen-bond acceptors (Lipinski definition) is 4. The predicted molar refractivity (Wildman–Crippen MR) is 70.6 cm³/mol. The van der Waals surface area contributed by atoms with E-state index >= 15 is 0 Å². The summed E-state index contributed by atoms with van der Waals surface area (Å²) in [6, 6.07) is 0. The smallest absolute Gasteiger partial charge is 0.0897 e. The standard InChI is InChI=1S/C14H27NO3/c16-13(9-15-8-12-6-7-17-10-12)11-18-14-4-2-1-3-5-14/h12-16H,1-11H2. The first kappa shape index (κ1) is 14.3. The molecule has 1 saturated carbocycles. The highest BCUT2D eigenvalue weighted by Gasteiger charge is 2.17. The van der Waals surface area contributed by atoms with E-state index in [1.54, 1.807) is 0 Å². The normalized spacial score (nSPS) is 27.5. The van der Waals surface area contributed by atoms with Crippen LogP contribution in [0, 0.1) is 5.92 Å². The first-order chi connectivity index (χ1) is 8.84. The Bertz CT molecular complexity index is 213. The van der Waals surface area contributed by atoms with Crippen LogP contribution < -0.4 is 5.32 Å². The molecule has 4 heteroatoms. The lowest BCUT2D eigenvalue weighted by molar-refractivity contribution is -0.0231. The van der Waals surface area contributed by atoms with E-state index < -0.39 is 0 Å². The summed E-state index contributed by atoms with van der Waals surface area (Å²) >= 11 is 0. The molecule has 2 atom stereocenters. The maximum atomic E-state index is 9.83. The van der Waals surface area contributed by atoms with Crippen molar-refractivity contribution >= 4 is 0 Å². The van der Waals surface area contributed by atoms with Crippen molar-refractivity contribution in [2.45, 2.75) is 50.7 Å². The van der Waals surface area contributed by atoms with E-state index in [1.807, 2.05) is 0 Å². The molecule has 0 bridgehead atoms. The molecular weight excluding hydrogens is 230 g/mol. The quantitative estimate of drug-likeness (QED) is 0.722. The van der Waals surface area contributed by atoms with Gasteiger partial charge in [0.15, 0.2) is 0 Å². The zero-order valence-electron chi connectivity index (χ0n) is 11.3. The van der Waals surface area contributed by atoms with Crippen LogP contribution in [-0.4, -0.2) is 50.2 Å². The van der Waals surface area contributed by atoms with Crippen molar-refractivity contribution in [2.75, 3.05) is 32.9 Å². The molecular formula is C14H27NO3. The maximum absolute atomic E-state index is 9.83. The van der Waals surface area contributed by atoms with Crippen LogP contribution in [0.15, 0.2) is 0 Å². The van der Waals surface area contributed by atoms with Crippen molar-refractivity contribution in [2.24, 2.45) is 5.92 Å². The fraction of sp³-hybridized carbons (Fsp3) is 1.00. The Morgan fingerprint density at radius 2 is 2.06 bits per heavy atom. The fourth-order valence-electron chi connectivity index (χ4n) is 2.74. The number of nitrogens with one attached hydrogen (secondary N) is 1. The number of ether oxygens (including phenoxy) is 2. The first-order valence-electron chi connectivity index (χ1n) is 7.42. The molecule has 0 aromatic heterocycles. The molecule has 1 heterocycles. The minimum Gasteiger partial charge on any atom is -0.389 e. The van der Waals surface area contributed by atoms with Crippen LogP contribution in [0.5, 0.6) is 0 Å². The Labute approximate surface area is 110 Å². The molecule has 1 aliphatic carbocycles. The topological polar surface area (TPSA) is 50.7 Å². The molecule has 1 aliphatic heterocycles. The van der Waals surface area contributed by atoms with Gasteiger partial charge in [-0.25, -0.2) is 0 Å². The molecule has 0 aromatic rings. The molecule has 0 amide bonds. The Morgan fingerprint density at radius 1 is 1.22 bits per heavy atom. The van der Waals surface area contributed by atoms with Gasteiger partial charge in [-0.2, -0.15) is 0 Å². The molecule has 4 nitrogen and oxygen atoms in total. The summed E-state index contributed by atoms with van der Waals surface area (Å²) in [5.41, 5.74) is 0. The van der Waals surface area contributed by atoms with E-state index in [-0.39, 0.29) is 6.10 Å². The molecule has 0 spiro atoms. The molecule has 0 aromatic carbocycles. The van der Waals surface area contributed by atoms with Crippen molar-refractivity contribution in [3.8, 4) is 0 Å². The van der Waals surface area contributed by atoms with Crippen molar-refractivity contribution in [3.05, 3.63) is 0 Å². The van der Waals surface area contributed by atoms with E-state index in [1.165, 1.54) is 32.1 Å². The lowest BCUT2D eigenvalue weighted by atomic mass is 9.98. The van der Waals surface area contributed by atoms with E-state index in [4.69, 9.17) is 9.47 Å². The second-order valence-corrected chi connectivity index (χ2v) is 5.64. The van der Waals surface area contributed by atoms with E-state index in [0.29, 0.717) is 25.2 Å². The van der Waals surface area contributed by atoms with Gasteiger partial charge in [0.2, 0.25) is 0 Å². The third-order valence-corrected chi connectivity index (χ3v) is 3.91. The van der Waals surface area contributed by atoms with Gasteiger partial charge >= 0.3 is 0 Å². The second-order valence-electron chi connectivity index (χ2n) is 5.64. The minimum atomic E-state index is -0.380. The molecule has 106 valence electrons. The molecule has 18 heavy (non-hydrogen) atoms. The summed E-state index contributed by atoms with van der Waals surface area (Å²) in [4.78, 5) is 0. The van der Waals surface area contributed by atoms with E-state index in [0.717, 1.165) is 26.2 Å². The summed E-state index contributed by atoms with van der Waals surface area (Å²) in [6.07, 6.45) is 7.38. The number of rotatable bonds is 7. The number of hydrogen-bond donors (Lipinski definition) is 2. The summed E-state index contributed by atoms with van der Waals surface area (Å²) in [5, 5.41) is 13.1. The Balaban J connectivity index is 1.47. The lowest BCUT2D eigenvalue weighted by Crippen LogP contribution is -2.35. The first-order valence-corrected chi connectivity index (χ1v) is 7.42. The number of aliphatic hydroxyl groups excluding tert-OH is 1.